The van der Waals surface area contributed by atoms with Crippen molar-refractivity contribution >= 4 is 5.91 Å². The molecule has 1 amide bonds. The van der Waals surface area contributed by atoms with Crippen LogP contribution in [0.4, 0.5) is 8.78 Å². The summed E-state index contributed by atoms with van der Waals surface area (Å²) in [6, 6.07) is 6.38. The summed E-state index contributed by atoms with van der Waals surface area (Å²) in [7, 11) is 1.30. The number of hydrogen-bond acceptors (Lipinski definition) is 4. The Balaban J connectivity index is 3.18. The van der Waals surface area contributed by atoms with Crippen LogP contribution in [-0.2, 0) is 0 Å². The van der Waals surface area contributed by atoms with E-state index < -0.39 is 12.5 Å². The van der Waals surface area contributed by atoms with E-state index in [1.54, 1.807) is 13.8 Å². The molecule has 0 aromatic heterocycles. The molecule has 0 aliphatic carbocycles. The summed E-state index contributed by atoms with van der Waals surface area (Å²) in [6.07, 6.45) is 0. The Labute approximate surface area is 128 Å². The normalized spacial score (nSPS) is 11.7. The van der Waals surface area contributed by atoms with Gasteiger partial charge < -0.3 is 14.4 Å². The molecule has 0 aliphatic heterocycles. The molecule has 1 atom stereocenters. The van der Waals surface area contributed by atoms with Crippen LogP contribution in [0.25, 0.3) is 0 Å². The summed E-state index contributed by atoms with van der Waals surface area (Å²) in [5, 5.41) is 8.86. The van der Waals surface area contributed by atoms with Gasteiger partial charge in [0.15, 0.2) is 11.5 Å². The fraction of sp³-hybridized carbons (Fsp3) is 0.467. The Bertz CT molecular complexity index is 558. The van der Waals surface area contributed by atoms with Gasteiger partial charge in [0.25, 0.3) is 5.91 Å². The number of nitriles is 1. The van der Waals surface area contributed by atoms with Crippen LogP contribution < -0.4 is 9.47 Å². The Hall–Kier alpha value is -2.36. The molecule has 0 radical (unpaired) electrons. The van der Waals surface area contributed by atoms with Gasteiger partial charge >= 0.3 is 6.61 Å². The number of carbonyl (C=O) groups is 1. The highest BCUT2D eigenvalue weighted by molar-refractivity contribution is 5.97. The van der Waals surface area contributed by atoms with E-state index in [0.717, 1.165) is 0 Å². The van der Waals surface area contributed by atoms with E-state index in [1.165, 1.54) is 30.2 Å². The third-order valence-corrected chi connectivity index (χ3v) is 3.02. The molecule has 22 heavy (non-hydrogen) atoms. The minimum Gasteiger partial charge on any atom is -0.493 e. The second kappa shape index (κ2) is 8.17. The monoisotopic (exact) mass is 312 g/mol. The Morgan fingerprint density at radius 3 is 2.64 bits per heavy atom. The summed E-state index contributed by atoms with van der Waals surface area (Å²) in [6.45, 7) is 0.900. The van der Waals surface area contributed by atoms with Gasteiger partial charge in [-0.15, -0.1) is 0 Å². The molecular formula is C15H18F2N2O3. The van der Waals surface area contributed by atoms with E-state index in [9.17, 15) is 13.6 Å². The molecular weight excluding hydrogens is 294 g/mol. The lowest BCUT2D eigenvalue weighted by molar-refractivity contribution is -0.0516. The highest BCUT2D eigenvalue weighted by Crippen LogP contribution is 2.33. The van der Waals surface area contributed by atoms with Gasteiger partial charge in [0.2, 0.25) is 0 Å². The number of benzene rings is 1. The predicted octanol–water partition coefficient (Wildman–Crippen LogP) is 2.92. The van der Waals surface area contributed by atoms with Crippen LogP contribution in [-0.4, -0.2) is 37.6 Å². The van der Waals surface area contributed by atoms with Crippen LogP contribution in [0.5, 0.6) is 11.5 Å². The van der Waals surface area contributed by atoms with Crippen molar-refractivity contribution < 1.29 is 23.0 Å². The molecule has 0 unspecified atom stereocenters. The summed E-state index contributed by atoms with van der Waals surface area (Å²) in [5.74, 6) is -1.10. The van der Waals surface area contributed by atoms with Crippen molar-refractivity contribution in [2.75, 3.05) is 20.2 Å². The van der Waals surface area contributed by atoms with Crippen LogP contribution in [0.1, 0.15) is 24.2 Å². The van der Waals surface area contributed by atoms with Crippen molar-refractivity contribution in [2.24, 2.45) is 5.92 Å². The van der Waals surface area contributed by atoms with E-state index in [-0.39, 0.29) is 29.5 Å². The predicted molar refractivity (Wildman–Crippen MR) is 76.0 cm³/mol. The minimum atomic E-state index is -3.07. The summed E-state index contributed by atoms with van der Waals surface area (Å²) >= 11 is 0. The van der Waals surface area contributed by atoms with Crippen LogP contribution in [0.15, 0.2) is 18.2 Å². The number of carbonyl (C=O) groups excluding carboxylic acids is 1. The maximum absolute atomic E-state index is 12.6. The number of ether oxygens (including phenoxy) is 2. The van der Waals surface area contributed by atoms with Gasteiger partial charge in [-0.25, -0.2) is 0 Å². The third kappa shape index (κ3) is 4.32. The van der Waals surface area contributed by atoms with Crippen molar-refractivity contribution in [1.82, 2.24) is 4.90 Å². The number of methoxy groups -OCH3 is 1. The molecule has 0 aliphatic rings. The summed E-state index contributed by atoms with van der Waals surface area (Å²) in [4.78, 5) is 13.9. The van der Waals surface area contributed by atoms with Gasteiger partial charge in [0, 0.05) is 13.1 Å². The molecule has 7 heteroatoms. The molecule has 0 N–H and O–H groups in total. The lowest BCUT2D eigenvalue weighted by atomic mass is 10.1. The second-order valence-corrected chi connectivity index (χ2v) is 4.59. The van der Waals surface area contributed by atoms with Crippen molar-refractivity contribution in [1.29, 1.82) is 5.26 Å². The first-order valence-corrected chi connectivity index (χ1v) is 6.75. The first-order valence-electron chi connectivity index (χ1n) is 6.75. The fourth-order valence-corrected chi connectivity index (χ4v) is 1.95. The highest BCUT2D eigenvalue weighted by Gasteiger charge is 2.24. The number of nitrogens with zero attached hydrogens (tertiary/aromatic N) is 2. The third-order valence-electron chi connectivity index (χ3n) is 3.02. The average molecular weight is 312 g/mol. The van der Waals surface area contributed by atoms with Crippen LogP contribution in [0.2, 0.25) is 0 Å². The largest absolute Gasteiger partial charge is 0.493 e. The molecule has 1 aromatic rings. The Morgan fingerprint density at radius 2 is 2.14 bits per heavy atom. The van der Waals surface area contributed by atoms with E-state index in [0.29, 0.717) is 6.54 Å². The topological polar surface area (TPSA) is 62.6 Å². The summed E-state index contributed by atoms with van der Waals surface area (Å²) < 4.78 is 34.6. The molecule has 0 saturated carbocycles. The maximum atomic E-state index is 12.6. The number of halogens is 2. The number of amides is 1. The van der Waals surface area contributed by atoms with E-state index in [4.69, 9.17) is 10.00 Å². The minimum absolute atomic E-state index is 0.0216. The van der Waals surface area contributed by atoms with Gasteiger partial charge in [0.05, 0.1) is 24.7 Å². The van der Waals surface area contributed by atoms with E-state index in [1.807, 2.05) is 6.07 Å². The van der Waals surface area contributed by atoms with Crippen molar-refractivity contribution in [3.8, 4) is 17.6 Å². The van der Waals surface area contributed by atoms with Gasteiger partial charge in [0.1, 0.15) is 0 Å². The van der Waals surface area contributed by atoms with Crippen LogP contribution in [0.3, 0.4) is 0 Å². The maximum Gasteiger partial charge on any atom is 0.387 e. The average Bonchev–Trinajstić information content (AvgIpc) is 2.51. The lowest BCUT2D eigenvalue weighted by Crippen LogP contribution is -2.34. The number of hydrogen-bond donors (Lipinski definition) is 0. The van der Waals surface area contributed by atoms with Crippen molar-refractivity contribution in [2.45, 2.75) is 20.5 Å². The van der Waals surface area contributed by atoms with E-state index >= 15 is 0 Å². The lowest BCUT2D eigenvalue weighted by Gasteiger charge is -2.23. The number of para-hydroxylation sites is 1. The molecule has 0 bridgehead atoms. The van der Waals surface area contributed by atoms with Gasteiger partial charge in [-0.05, 0) is 26.0 Å². The van der Waals surface area contributed by atoms with Gasteiger partial charge in [-0.1, -0.05) is 6.07 Å². The fourth-order valence-electron chi connectivity index (χ4n) is 1.95. The Morgan fingerprint density at radius 1 is 1.45 bits per heavy atom. The quantitative estimate of drug-likeness (QED) is 0.776. The first kappa shape index (κ1) is 17.7. The Kier molecular flexibility index (Phi) is 6.57. The zero-order chi connectivity index (χ0) is 16.7. The van der Waals surface area contributed by atoms with Crippen molar-refractivity contribution in [3.05, 3.63) is 23.8 Å². The SMILES string of the molecule is CCN(C[C@@H](C)C#N)C(=O)c1cccc(OC)c1OC(F)F. The zero-order valence-corrected chi connectivity index (χ0v) is 12.7. The smallest absolute Gasteiger partial charge is 0.387 e. The molecule has 0 heterocycles. The molecule has 0 spiro atoms. The molecule has 120 valence electrons. The standard InChI is InChI=1S/C15H18F2N2O3/c1-4-19(9-10(2)8-18)14(20)11-6-5-7-12(21-3)13(11)22-15(16)17/h5-7,10,15H,4,9H2,1-3H3/t10-/m0/s1. The number of rotatable bonds is 7. The van der Waals surface area contributed by atoms with E-state index in [2.05, 4.69) is 4.74 Å². The summed E-state index contributed by atoms with van der Waals surface area (Å²) in [5.41, 5.74) is -0.0216. The number of alkyl halides is 2. The molecule has 0 fully saturated rings. The van der Waals surface area contributed by atoms with Crippen LogP contribution >= 0.6 is 0 Å². The molecule has 5 nitrogen and oxygen atoms in total. The first-order chi connectivity index (χ1) is 10.4. The van der Waals surface area contributed by atoms with Gasteiger partial charge in [-0.2, -0.15) is 14.0 Å². The molecule has 1 aromatic carbocycles. The molecule has 1 rings (SSSR count). The zero-order valence-electron chi connectivity index (χ0n) is 12.7. The highest BCUT2D eigenvalue weighted by atomic mass is 19.3. The molecule has 0 saturated heterocycles. The second-order valence-electron chi connectivity index (χ2n) is 4.59. The van der Waals surface area contributed by atoms with Crippen molar-refractivity contribution in [3.63, 3.8) is 0 Å². The van der Waals surface area contributed by atoms with Crippen LogP contribution in [0, 0.1) is 17.2 Å². The van der Waals surface area contributed by atoms with Gasteiger partial charge in [-0.3, -0.25) is 4.79 Å².